The second-order valence-electron chi connectivity index (χ2n) is 4.43. The highest BCUT2D eigenvalue weighted by atomic mass is 16.3. The summed E-state index contributed by atoms with van der Waals surface area (Å²) in [6, 6.07) is 9.65. The monoisotopic (exact) mass is 228 g/mol. The van der Waals surface area contributed by atoms with Gasteiger partial charge in [-0.25, -0.2) is 0 Å². The summed E-state index contributed by atoms with van der Waals surface area (Å²) in [7, 11) is 0. The Morgan fingerprint density at radius 1 is 1.06 bits per heavy atom. The van der Waals surface area contributed by atoms with Crippen molar-refractivity contribution in [1.82, 2.24) is 0 Å². The fourth-order valence-electron chi connectivity index (χ4n) is 1.77. The Morgan fingerprint density at radius 3 is 2.41 bits per heavy atom. The fraction of sp³-hybridized carbons (Fsp3) is 0.267. The van der Waals surface area contributed by atoms with E-state index in [1.807, 2.05) is 25.1 Å². The van der Waals surface area contributed by atoms with E-state index in [1.54, 1.807) is 6.07 Å². The topological polar surface area (TPSA) is 30.2 Å². The van der Waals surface area contributed by atoms with Gasteiger partial charge in [0.2, 0.25) is 5.78 Å². The molecule has 0 atom stereocenters. The number of aryl methyl sites for hydroxylation is 3. The summed E-state index contributed by atoms with van der Waals surface area (Å²) in [6.45, 7) is 5.96. The van der Waals surface area contributed by atoms with Gasteiger partial charge in [-0.15, -0.1) is 0 Å². The van der Waals surface area contributed by atoms with Crippen LogP contribution in [0.15, 0.2) is 34.7 Å². The number of benzene rings is 1. The van der Waals surface area contributed by atoms with Crippen LogP contribution in [0.5, 0.6) is 0 Å². The zero-order valence-electron chi connectivity index (χ0n) is 10.4. The molecule has 1 aromatic heterocycles. The standard InChI is InChI=1S/C15H16O2/c1-10-4-6-13(8-11(10)2)9-14(16)15-7-5-12(3)17-15/h4-8H,9H2,1-3H3. The smallest absolute Gasteiger partial charge is 0.202 e. The van der Waals surface area contributed by atoms with E-state index in [2.05, 4.69) is 19.9 Å². The molecule has 0 unspecified atom stereocenters. The number of Topliss-reactive ketones (excluding diaryl/α,β-unsaturated/α-hetero) is 1. The average Bonchev–Trinajstić information content (AvgIpc) is 2.70. The Bertz CT molecular complexity index is 550. The molecule has 2 nitrogen and oxygen atoms in total. The van der Waals surface area contributed by atoms with Gasteiger partial charge in [0.05, 0.1) is 0 Å². The van der Waals surface area contributed by atoms with E-state index in [-0.39, 0.29) is 5.78 Å². The minimum atomic E-state index is 0.0290. The van der Waals surface area contributed by atoms with Gasteiger partial charge in [-0.3, -0.25) is 4.79 Å². The van der Waals surface area contributed by atoms with Gasteiger partial charge in [0.1, 0.15) is 5.76 Å². The van der Waals surface area contributed by atoms with Gasteiger partial charge in [0.25, 0.3) is 0 Å². The summed E-state index contributed by atoms with van der Waals surface area (Å²) in [5.74, 6) is 1.25. The maximum absolute atomic E-state index is 11.9. The second kappa shape index (κ2) is 4.58. The predicted octanol–water partition coefficient (Wildman–Crippen LogP) is 3.63. The predicted molar refractivity (Wildman–Crippen MR) is 67.4 cm³/mol. The van der Waals surface area contributed by atoms with Crippen LogP contribution >= 0.6 is 0 Å². The molecule has 1 heterocycles. The fourth-order valence-corrected chi connectivity index (χ4v) is 1.77. The number of ketones is 1. The van der Waals surface area contributed by atoms with Crippen LogP contribution in [0, 0.1) is 20.8 Å². The van der Waals surface area contributed by atoms with Crippen molar-refractivity contribution in [3.05, 3.63) is 58.5 Å². The van der Waals surface area contributed by atoms with Crippen molar-refractivity contribution in [2.24, 2.45) is 0 Å². The van der Waals surface area contributed by atoms with Gasteiger partial charge < -0.3 is 4.42 Å². The molecule has 0 bridgehead atoms. The molecule has 2 rings (SSSR count). The molecule has 1 aromatic carbocycles. The van der Waals surface area contributed by atoms with Gasteiger partial charge in [-0.1, -0.05) is 18.2 Å². The SMILES string of the molecule is Cc1ccc(C(=O)Cc2ccc(C)c(C)c2)o1. The Hall–Kier alpha value is -1.83. The Kier molecular flexibility index (Phi) is 3.14. The summed E-state index contributed by atoms with van der Waals surface area (Å²) in [5.41, 5.74) is 3.49. The van der Waals surface area contributed by atoms with E-state index in [0.29, 0.717) is 12.2 Å². The first kappa shape index (κ1) is 11.6. The number of rotatable bonds is 3. The molecule has 88 valence electrons. The highest BCUT2D eigenvalue weighted by molar-refractivity contribution is 5.95. The van der Waals surface area contributed by atoms with Crippen LogP contribution in [0.4, 0.5) is 0 Å². The highest BCUT2D eigenvalue weighted by Crippen LogP contribution is 2.14. The van der Waals surface area contributed by atoms with Crippen LogP contribution in [-0.4, -0.2) is 5.78 Å². The summed E-state index contributed by atoms with van der Waals surface area (Å²) >= 11 is 0. The third kappa shape index (κ3) is 2.64. The quantitative estimate of drug-likeness (QED) is 0.751. The van der Waals surface area contributed by atoms with Crippen molar-refractivity contribution >= 4 is 5.78 Å². The first-order chi connectivity index (χ1) is 8.06. The molecule has 0 spiro atoms. The molecular weight excluding hydrogens is 212 g/mol. The van der Waals surface area contributed by atoms with Gasteiger partial charge in [-0.05, 0) is 49.6 Å². The largest absolute Gasteiger partial charge is 0.458 e. The van der Waals surface area contributed by atoms with Crippen LogP contribution in [0.2, 0.25) is 0 Å². The van der Waals surface area contributed by atoms with Crippen LogP contribution in [0.1, 0.15) is 33.0 Å². The highest BCUT2D eigenvalue weighted by Gasteiger charge is 2.11. The summed E-state index contributed by atoms with van der Waals surface area (Å²) in [4.78, 5) is 11.9. The molecule has 0 fully saturated rings. The normalized spacial score (nSPS) is 10.5. The van der Waals surface area contributed by atoms with E-state index < -0.39 is 0 Å². The van der Waals surface area contributed by atoms with Crippen LogP contribution < -0.4 is 0 Å². The van der Waals surface area contributed by atoms with Crippen molar-refractivity contribution in [2.75, 3.05) is 0 Å². The lowest BCUT2D eigenvalue weighted by molar-refractivity contribution is 0.0965. The number of furan rings is 1. The molecule has 0 aliphatic heterocycles. The molecule has 17 heavy (non-hydrogen) atoms. The van der Waals surface area contributed by atoms with E-state index in [1.165, 1.54) is 11.1 Å². The lowest BCUT2D eigenvalue weighted by Gasteiger charge is -2.03. The van der Waals surface area contributed by atoms with E-state index in [9.17, 15) is 4.79 Å². The zero-order valence-corrected chi connectivity index (χ0v) is 10.4. The van der Waals surface area contributed by atoms with Crippen molar-refractivity contribution in [3.8, 4) is 0 Å². The van der Waals surface area contributed by atoms with Gasteiger partial charge >= 0.3 is 0 Å². The molecule has 0 N–H and O–H groups in total. The minimum Gasteiger partial charge on any atom is -0.458 e. The maximum Gasteiger partial charge on any atom is 0.202 e. The van der Waals surface area contributed by atoms with E-state index in [4.69, 9.17) is 4.42 Å². The maximum atomic E-state index is 11.9. The van der Waals surface area contributed by atoms with Crippen molar-refractivity contribution in [2.45, 2.75) is 27.2 Å². The van der Waals surface area contributed by atoms with E-state index >= 15 is 0 Å². The van der Waals surface area contributed by atoms with Gasteiger partial charge in [-0.2, -0.15) is 0 Å². The van der Waals surface area contributed by atoms with Crippen LogP contribution in [0.25, 0.3) is 0 Å². The first-order valence-electron chi connectivity index (χ1n) is 5.72. The van der Waals surface area contributed by atoms with Crippen molar-refractivity contribution in [1.29, 1.82) is 0 Å². The van der Waals surface area contributed by atoms with Crippen LogP contribution in [-0.2, 0) is 6.42 Å². The molecule has 0 saturated carbocycles. The Balaban J connectivity index is 2.15. The zero-order chi connectivity index (χ0) is 12.4. The Labute approximate surface area is 101 Å². The summed E-state index contributed by atoms with van der Waals surface area (Å²) in [6.07, 6.45) is 0.397. The molecule has 0 aliphatic rings. The Morgan fingerprint density at radius 2 is 1.82 bits per heavy atom. The van der Waals surface area contributed by atoms with Gasteiger partial charge in [0.15, 0.2) is 5.76 Å². The lowest BCUT2D eigenvalue weighted by atomic mass is 10.0. The second-order valence-corrected chi connectivity index (χ2v) is 4.43. The van der Waals surface area contributed by atoms with Crippen molar-refractivity contribution in [3.63, 3.8) is 0 Å². The van der Waals surface area contributed by atoms with Gasteiger partial charge in [0, 0.05) is 6.42 Å². The first-order valence-corrected chi connectivity index (χ1v) is 5.72. The summed E-state index contributed by atoms with van der Waals surface area (Å²) in [5, 5.41) is 0. The molecule has 2 aromatic rings. The molecule has 0 amide bonds. The molecule has 0 radical (unpaired) electrons. The summed E-state index contributed by atoms with van der Waals surface area (Å²) < 4.78 is 5.32. The number of carbonyl (C=O) groups excluding carboxylic acids is 1. The minimum absolute atomic E-state index is 0.0290. The molecule has 0 aliphatic carbocycles. The molecular formula is C15H16O2. The number of carbonyl (C=O) groups is 1. The van der Waals surface area contributed by atoms with Crippen LogP contribution in [0.3, 0.4) is 0 Å². The number of hydrogen-bond donors (Lipinski definition) is 0. The molecule has 2 heteroatoms. The lowest BCUT2D eigenvalue weighted by Crippen LogP contribution is -2.02. The number of hydrogen-bond acceptors (Lipinski definition) is 2. The third-order valence-corrected chi connectivity index (χ3v) is 2.95. The van der Waals surface area contributed by atoms with Crippen molar-refractivity contribution < 1.29 is 9.21 Å². The van der Waals surface area contributed by atoms with E-state index in [0.717, 1.165) is 11.3 Å². The third-order valence-electron chi connectivity index (χ3n) is 2.95. The molecule has 0 saturated heterocycles. The average molecular weight is 228 g/mol.